The smallest absolute Gasteiger partial charge is 0.339 e. The molecule has 2 aromatic carbocycles. The highest BCUT2D eigenvalue weighted by Crippen LogP contribution is 2.33. The summed E-state index contributed by atoms with van der Waals surface area (Å²) in [5.41, 5.74) is 0.955. The molecule has 1 fully saturated rings. The fraction of sp³-hybridized carbons (Fsp3) is 0.263. The fourth-order valence-corrected chi connectivity index (χ4v) is 6.32. The first-order valence-electron chi connectivity index (χ1n) is 8.41. The van der Waals surface area contributed by atoms with Gasteiger partial charge in [-0.2, -0.15) is 0 Å². The van der Waals surface area contributed by atoms with Gasteiger partial charge in [0.1, 0.15) is 0 Å². The summed E-state index contributed by atoms with van der Waals surface area (Å²) in [6.45, 7) is -0.398. The van der Waals surface area contributed by atoms with E-state index in [1.54, 1.807) is 48.5 Å². The fourth-order valence-electron chi connectivity index (χ4n) is 2.70. The highest BCUT2D eigenvalue weighted by atomic mass is 32.2. The van der Waals surface area contributed by atoms with E-state index < -0.39 is 28.3 Å². The molecule has 0 unspecified atom stereocenters. The van der Waals surface area contributed by atoms with Crippen LogP contribution in [0, 0.1) is 0 Å². The Hall–Kier alpha value is -2.32. The zero-order valence-electron chi connectivity index (χ0n) is 14.5. The number of amides is 1. The minimum atomic E-state index is -2.99. The topological polar surface area (TPSA) is 89.5 Å². The molecule has 1 amide bonds. The van der Waals surface area contributed by atoms with Crippen LogP contribution in [0.4, 0.5) is 5.69 Å². The van der Waals surface area contributed by atoms with Gasteiger partial charge in [-0.05, 0) is 30.7 Å². The molecule has 8 heteroatoms. The predicted octanol–water partition coefficient (Wildman–Crippen LogP) is 2.76. The highest BCUT2D eigenvalue weighted by molar-refractivity contribution is 8.02. The molecule has 2 aromatic rings. The molecular weight excluding hydrogens is 386 g/mol. The molecule has 1 N–H and O–H groups in total. The van der Waals surface area contributed by atoms with Crippen molar-refractivity contribution < 1.29 is 22.7 Å². The van der Waals surface area contributed by atoms with E-state index in [1.165, 1.54) is 11.8 Å². The summed E-state index contributed by atoms with van der Waals surface area (Å²) in [7, 11) is -2.99. The van der Waals surface area contributed by atoms with Crippen molar-refractivity contribution >= 4 is 39.2 Å². The summed E-state index contributed by atoms with van der Waals surface area (Å²) in [5.74, 6) is -0.749. The summed E-state index contributed by atoms with van der Waals surface area (Å²) in [6, 6.07) is 15.7. The van der Waals surface area contributed by atoms with Crippen LogP contribution in [0.2, 0.25) is 0 Å². The summed E-state index contributed by atoms with van der Waals surface area (Å²) < 4.78 is 28.4. The van der Waals surface area contributed by atoms with Crippen LogP contribution in [0.5, 0.6) is 0 Å². The van der Waals surface area contributed by atoms with Crippen LogP contribution in [-0.4, -0.2) is 43.7 Å². The maximum absolute atomic E-state index is 12.4. The molecule has 1 atom stereocenters. The number of benzene rings is 2. The van der Waals surface area contributed by atoms with Crippen molar-refractivity contribution in [1.82, 2.24) is 0 Å². The first-order chi connectivity index (χ1) is 12.9. The lowest BCUT2D eigenvalue weighted by molar-refractivity contribution is -0.119. The zero-order valence-corrected chi connectivity index (χ0v) is 16.1. The third-order valence-electron chi connectivity index (χ3n) is 3.98. The van der Waals surface area contributed by atoms with Gasteiger partial charge in [0.15, 0.2) is 16.4 Å². The van der Waals surface area contributed by atoms with Crippen LogP contribution in [0.15, 0.2) is 59.5 Å². The number of sulfone groups is 1. The van der Waals surface area contributed by atoms with Crippen LogP contribution >= 0.6 is 11.8 Å². The summed E-state index contributed by atoms with van der Waals surface area (Å²) >= 11 is 1.36. The van der Waals surface area contributed by atoms with Gasteiger partial charge in [-0.1, -0.05) is 30.3 Å². The molecule has 0 bridgehead atoms. The number of nitrogens with one attached hydrogen (secondary N) is 1. The maximum Gasteiger partial charge on any atom is 0.339 e. The van der Waals surface area contributed by atoms with Crippen LogP contribution in [0.1, 0.15) is 16.8 Å². The zero-order chi connectivity index (χ0) is 19.3. The van der Waals surface area contributed by atoms with E-state index in [0.717, 1.165) is 0 Å². The first-order valence-corrected chi connectivity index (χ1v) is 11.1. The van der Waals surface area contributed by atoms with Crippen LogP contribution in [-0.2, 0) is 19.4 Å². The Balaban J connectivity index is 1.59. The van der Waals surface area contributed by atoms with Crippen molar-refractivity contribution in [2.24, 2.45) is 0 Å². The molecule has 142 valence electrons. The van der Waals surface area contributed by atoms with E-state index in [9.17, 15) is 18.0 Å². The van der Waals surface area contributed by atoms with Crippen molar-refractivity contribution in [3.05, 3.63) is 60.2 Å². The monoisotopic (exact) mass is 405 g/mol. The Bertz CT molecular complexity index is 928. The van der Waals surface area contributed by atoms with Gasteiger partial charge >= 0.3 is 5.97 Å². The number of hydrogen-bond acceptors (Lipinski definition) is 6. The van der Waals surface area contributed by atoms with Crippen LogP contribution in [0.3, 0.4) is 0 Å². The molecule has 1 aliphatic heterocycles. The number of ether oxygens (including phenoxy) is 1. The van der Waals surface area contributed by atoms with E-state index in [2.05, 4.69) is 5.32 Å². The Morgan fingerprint density at radius 1 is 1.07 bits per heavy atom. The van der Waals surface area contributed by atoms with Gasteiger partial charge in [0, 0.05) is 15.8 Å². The number of thioether (sulfide) groups is 1. The second kappa shape index (κ2) is 8.58. The lowest BCUT2D eigenvalue weighted by Crippen LogP contribution is -2.21. The molecule has 0 aromatic heterocycles. The van der Waals surface area contributed by atoms with Gasteiger partial charge in [0.05, 0.1) is 17.1 Å². The van der Waals surface area contributed by atoms with Crippen LogP contribution in [0.25, 0.3) is 0 Å². The molecule has 6 nitrogen and oxygen atoms in total. The predicted molar refractivity (Wildman–Crippen MR) is 105 cm³/mol. The van der Waals surface area contributed by atoms with Gasteiger partial charge in [-0.25, -0.2) is 13.2 Å². The largest absolute Gasteiger partial charge is 0.452 e. The quantitative estimate of drug-likeness (QED) is 0.744. The molecule has 1 heterocycles. The summed E-state index contributed by atoms with van der Waals surface area (Å²) in [5, 5.41) is 2.56. The van der Waals surface area contributed by atoms with E-state index in [1.807, 2.05) is 6.07 Å². The highest BCUT2D eigenvalue weighted by Gasteiger charge is 2.29. The normalized spacial score (nSPS) is 18.0. The Labute approximate surface area is 162 Å². The number of carbonyl (C=O) groups is 2. The SMILES string of the molecule is O=C(COC(=O)c1ccccc1S[C@@H]1CCS(=O)(=O)C1)Nc1ccccc1. The Morgan fingerprint density at radius 3 is 2.48 bits per heavy atom. The average molecular weight is 405 g/mol. The first kappa shape index (κ1) is 19.4. The van der Waals surface area contributed by atoms with Gasteiger partial charge in [0.25, 0.3) is 5.91 Å². The number of rotatable bonds is 6. The third-order valence-corrected chi connectivity index (χ3v) is 7.31. The van der Waals surface area contributed by atoms with Gasteiger partial charge in [-0.3, -0.25) is 4.79 Å². The number of anilines is 1. The van der Waals surface area contributed by atoms with Crippen LogP contribution < -0.4 is 5.32 Å². The molecule has 0 saturated carbocycles. The van der Waals surface area contributed by atoms with E-state index in [4.69, 9.17) is 4.74 Å². The van der Waals surface area contributed by atoms with Gasteiger partial charge in [0.2, 0.25) is 0 Å². The lowest BCUT2D eigenvalue weighted by Gasteiger charge is -2.12. The lowest BCUT2D eigenvalue weighted by atomic mass is 10.2. The van der Waals surface area contributed by atoms with Crippen molar-refractivity contribution in [1.29, 1.82) is 0 Å². The Morgan fingerprint density at radius 2 is 1.78 bits per heavy atom. The average Bonchev–Trinajstić information content (AvgIpc) is 2.99. The standard InChI is InChI=1S/C19H19NO5S2/c21-18(20-14-6-2-1-3-7-14)12-25-19(22)16-8-4-5-9-17(16)26-15-10-11-27(23,24)13-15/h1-9,15H,10-13H2,(H,20,21)/t15-/m1/s1. The number of para-hydroxylation sites is 1. The molecule has 3 rings (SSSR count). The molecule has 27 heavy (non-hydrogen) atoms. The second-order valence-electron chi connectivity index (χ2n) is 6.13. The molecule has 1 aliphatic rings. The molecular formula is C19H19NO5S2. The Kier molecular flexibility index (Phi) is 6.18. The minimum absolute atomic E-state index is 0.0784. The van der Waals surface area contributed by atoms with Crippen molar-refractivity contribution in [2.75, 3.05) is 23.4 Å². The van der Waals surface area contributed by atoms with Gasteiger partial charge < -0.3 is 10.1 Å². The van der Waals surface area contributed by atoms with E-state index >= 15 is 0 Å². The maximum atomic E-state index is 12.4. The number of hydrogen-bond donors (Lipinski definition) is 1. The van der Waals surface area contributed by atoms with Crippen molar-refractivity contribution in [2.45, 2.75) is 16.6 Å². The third kappa shape index (κ3) is 5.58. The number of esters is 1. The summed E-state index contributed by atoms with van der Waals surface area (Å²) in [6.07, 6.45) is 0.565. The molecule has 0 aliphatic carbocycles. The molecule has 1 saturated heterocycles. The summed E-state index contributed by atoms with van der Waals surface area (Å²) in [4.78, 5) is 25.0. The molecule has 0 spiro atoms. The van der Waals surface area contributed by atoms with E-state index in [0.29, 0.717) is 22.6 Å². The second-order valence-corrected chi connectivity index (χ2v) is 9.70. The van der Waals surface area contributed by atoms with E-state index in [-0.39, 0.29) is 16.8 Å². The van der Waals surface area contributed by atoms with Crippen molar-refractivity contribution in [3.8, 4) is 0 Å². The van der Waals surface area contributed by atoms with Crippen molar-refractivity contribution in [3.63, 3.8) is 0 Å². The minimum Gasteiger partial charge on any atom is -0.452 e. The molecule has 0 radical (unpaired) electrons. The number of carbonyl (C=O) groups excluding carboxylic acids is 2. The van der Waals surface area contributed by atoms with Gasteiger partial charge in [-0.15, -0.1) is 11.8 Å².